The van der Waals surface area contributed by atoms with E-state index in [0.29, 0.717) is 12.0 Å². The summed E-state index contributed by atoms with van der Waals surface area (Å²) in [5, 5.41) is 9.53. The van der Waals surface area contributed by atoms with Gasteiger partial charge < -0.3 is 10.0 Å². The smallest absolute Gasteiger partial charge is 0.326 e. The van der Waals surface area contributed by atoms with Crippen LogP contribution < -0.4 is 0 Å². The highest BCUT2D eigenvalue weighted by Crippen LogP contribution is 2.22. The number of amides is 1. The van der Waals surface area contributed by atoms with Gasteiger partial charge in [0.15, 0.2) is 0 Å². The van der Waals surface area contributed by atoms with E-state index in [1.165, 1.54) is 4.90 Å². The van der Waals surface area contributed by atoms with Gasteiger partial charge in [-0.1, -0.05) is 20.3 Å². The second kappa shape index (κ2) is 7.80. The number of aliphatic carboxylic acids is 1. The molecule has 3 rings (SSSR count). The average Bonchev–Trinajstić information content (AvgIpc) is 3.02. The molecule has 146 valence electrons. The maximum absolute atomic E-state index is 12.8. The van der Waals surface area contributed by atoms with Crippen LogP contribution in [0.5, 0.6) is 0 Å². The normalized spacial score (nSPS) is 13.3. The lowest BCUT2D eigenvalue weighted by Crippen LogP contribution is -2.46. The molecule has 0 radical (unpaired) electrons. The molecule has 2 heterocycles. The molecule has 0 bridgehead atoms. The minimum Gasteiger partial charge on any atom is -0.480 e. The Morgan fingerprint density at radius 1 is 1.21 bits per heavy atom. The number of pyridine rings is 1. The molecule has 2 atom stereocenters. The number of hydrogen-bond acceptors (Lipinski definition) is 4. The van der Waals surface area contributed by atoms with Crippen LogP contribution in [-0.2, 0) is 4.79 Å². The summed E-state index contributed by atoms with van der Waals surface area (Å²) in [5.41, 5.74) is 3.07. The second-order valence-electron chi connectivity index (χ2n) is 6.99. The van der Waals surface area contributed by atoms with Gasteiger partial charge in [-0.2, -0.15) is 0 Å². The van der Waals surface area contributed by atoms with E-state index >= 15 is 0 Å². The van der Waals surface area contributed by atoms with Crippen LogP contribution in [0.3, 0.4) is 0 Å². The molecule has 0 saturated carbocycles. The third kappa shape index (κ3) is 3.47. The van der Waals surface area contributed by atoms with Gasteiger partial charge in [0.2, 0.25) is 0 Å². The maximum Gasteiger partial charge on any atom is 0.326 e. The van der Waals surface area contributed by atoms with Crippen LogP contribution >= 0.6 is 0 Å². The fourth-order valence-electron chi connectivity index (χ4n) is 3.48. The molecule has 0 fully saturated rings. The van der Waals surface area contributed by atoms with Crippen molar-refractivity contribution >= 4 is 22.9 Å². The molecule has 7 heteroatoms. The third-order valence-corrected chi connectivity index (χ3v) is 5.17. The Bertz CT molecular complexity index is 1010. The molecular formula is C21H24N4O3. The van der Waals surface area contributed by atoms with Gasteiger partial charge in [0.05, 0.1) is 11.7 Å². The van der Waals surface area contributed by atoms with Crippen LogP contribution in [0.25, 0.3) is 16.7 Å². The first-order valence-corrected chi connectivity index (χ1v) is 9.24. The van der Waals surface area contributed by atoms with Gasteiger partial charge in [0.1, 0.15) is 17.4 Å². The van der Waals surface area contributed by atoms with Crippen molar-refractivity contribution in [3.05, 3.63) is 54.1 Å². The van der Waals surface area contributed by atoms with Gasteiger partial charge in [-0.05, 0) is 43.2 Å². The van der Waals surface area contributed by atoms with Crippen LogP contribution in [0, 0.1) is 12.8 Å². The van der Waals surface area contributed by atoms with E-state index in [-0.39, 0.29) is 11.8 Å². The summed E-state index contributed by atoms with van der Waals surface area (Å²) in [6, 6.07) is 8.16. The van der Waals surface area contributed by atoms with Crippen molar-refractivity contribution in [1.29, 1.82) is 0 Å². The highest BCUT2D eigenvalue weighted by molar-refractivity contribution is 5.96. The molecule has 1 aromatic carbocycles. The van der Waals surface area contributed by atoms with Gasteiger partial charge in [0.25, 0.3) is 5.91 Å². The number of hydrogen-bond donors (Lipinski definition) is 1. The number of aryl methyl sites for hydroxylation is 1. The molecule has 3 aromatic rings. The Balaban J connectivity index is 1.90. The summed E-state index contributed by atoms with van der Waals surface area (Å²) >= 11 is 0. The van der Waals surface area contributed by atoms with E-state index in [1.807, 2.05) is 43.5 Å². The number of carbonyl (C=O) groups excluding carboxylic acids is 1. The van der Waals surface area contributed by atoms with Gasteiger partial charge >= 0.3 is 5.97 Å². The first-order chi connectivity index (χ1) is 13.3. The number of carboxylic acid groups (broad SMARTS) is 1. The molecular weight excluding hydrogens is 356 g/mol. The summed E-state index contributed by atoms with van der Waals surface area (Å²) in [6.45, 7) is 5.67. The lowest BCUT2D eigenvalue weighted by atomic mass is 9.97. The van der Waals surface area contributed by atoms with Crippen LogP contribution in [0.1, 0.15) is 36.5 Å². The van der Waals surface area contributed by atoms with E-state index < -0.39 is 12.0 Å². The van der Waals surface area contributed by atoms with Gasteiger partial charge in [0, 0.05) is 24.5 Å². The van der Waals surface area contributed by atoms with Crippen molar-refractivity contribution in [1.82, 2.24) is 19.4 Å². The molecule has 0 aliphatic carbocycles. The molecule has 0 unspecified atom stereocenters. The zero-order chi connectivity index (χ0) is 20.4. The van der Waals surface area contributed by atoms with Gasteiger partial charge in [-0.25, -0.2) is 9.78 Å². The van der Waals surface area contributed by atoms with Crippen molar-refractivity contribution in [3.63, 3.8) is 0 Å². The fraction of sp³-hybridized carbons (Fsp3) is 0.333. The molecule has 2 aromatic heterocycles. The zero-order valence-electron chi connectivity index (χ0n) is 16.5. The van der Waals surface area contributed by atoms with Crippen LogP contribution in [-0.4, -0.2) is 49.5 Å². The zero-order valence-corrected chi connectivity index (χ0v) is 16.5. The van der Waals surface area contributed by atoms with E-state index in [0.717, 1.165) is 22.5 Å². The number of nitrogens with zero attached hydrogens (tertiary/aromatic N) is 4. The minimum absolute atomic E-state index is 0.140. The number of rotatable bonds is 6. The Kier molecular flexibility index (Phi) is 5.44. The first-order valence-electron chi connectivity index (χ1n) is 9.24. The Morgan fingerprint density at radius 3 is 2.50 bits per heavy atom. The molecule has 0 spiro atoms. The topological polar surface area (TPSA) is 88.3 Å². The first kappa shape index (κ1) is 19.5. The number of carbonyl (C=O) groups is 2. The largest absolute Gasteiger partial charge is 0.480 e. The molecule has 0 aliphatic heterocycles. The lowest BCUT2D eigenvalue weighted by molar-refractivity contribution is -0.143. The molecule has 28 heavy (non-hydrogen) atoms. The summed E-state index contributed by atoms with van der Waals surface area (Å²) < 4.78 is 1.99. The number of benzene rings is 1. The van der Waals surface area contributed by atoms with E-state index in [9.17, 15) is 14.7 Å². The van der Waals surface area contributed by atoms with Crippen LogP contribution in [0.4, 0.5) is 0 Å². The number of aromatic nitrogens is 3. The van der Waals surface area contributed by atoms with Gasteiger partial charge in [-0.3, -0.25) is 14.3 Å². The Hall–Kier alpha value is -3.22. The number of likely N-dealkylation sites (N-methyl/N-ethyl adjacent to an activating group) is 1. The van der Waals surface area contributed by atoms with E-state index in [2.05, 4.69) is 9.97 Å². The van der Waals surface area contributed by atoms with Crippen molar-refractivity contribution in [2.24, 2.45) is 5.92 Å². The number of fused-ring (bicyclic) bond motifs is 1. The third-order valence-electron chi connectivity index (χ3n) is 5.17. The second-order valence-corrected chi connectivity index (χ2v) is 6.99. The summed E-state index contributed by atoms with van der Waals surface area (Å²) in [7, 11) is 1.54. The minimum atomic E-state index is -0.990. The predicted octanol–water partition coefficient (Wildman–Crippen LogP) is 3.30. The van der Waals surface area contributed by atoms with Crippen molar-refractivity contribution < 1.29 is 14.7 Å². The number of imidazole rings is 1. The SMILES string of the molecule is CC[C@H](C)[C@@H](C(=O)O)N(C)C(=O)c1ccc(-n2c(C)nc3cnccc32)cc1. The fourth-order valence-corrected chi connectivity index (χ4v) is 3.48. The van der Waals surface area contributed by atoms with Crippen molar-refractivity contribution in [2.75, 3.05) is 7.05 Å². The summed E-state index contributed by atoms with van der Waals surface area (Å²) in [6.07, 6.45) is 4.11. The quantitative estimate of drug-likeness (QED) is 0.709. The van der Waals surface area contributed by atoms with Crippen molar-refractivity contribution in [2.45, 2.75) is 33.2 Å². The number of carboxylic acids is 1. The van der Waals surface area contributed by atoms with Crippen LogP contribution in [0.2, 0.25) is 0 Å². The Labute approximate surface area is 163 Å². The molecule has 7 nitrogen and oxygen atoms in total. The lowest BCUT2D eigenvalue weighted by Gasteiger charge is -2.29. The Morgan fingerprint density at radius 2 is 1.89 bits per heavy atom. The van der Waals surface area contributed by atoms with E-state index in [1.54, 1.807) is 31.6 Å². The molecule has 0 saturated heterocycles. The van der Waals surface area contributed by atoms with Crippen molar-refractivity contribution in [3.8, 4) is 5.69 Å². The van der Waals surface area contributed by atoms with E-state index in [4.69, 9.17) is 0 Å². The van der Waals surface area contributed by atoms with Crippen LogP contribution in [0.15, 0.2) is 42.7 Å². The summed E-state index contributed by atoms with van der Waals surface area (Å²) in [5.74, 6) is -0.618. The summed E-state index contributed by atoms with van der Waals surface area (Å²) in [4.78, 5) is 34.4. The molecule has 1 N–H and O–H groups in total. The molecule has 1 amide bonds. The average molecular weight is 380 g/mol. The highest BCUT2D eigenvalue weighted by atomic mass is 16.4. The van der Waals surface area contributed by atoms with Gasteiger partial charge in [-0.15, -0.1) is 0 Å². The standard InChI is InChI=1S/C21H24N4O3/c1-5-13(2)19(21(27)28)24(4)20(26)15-6-8-16(9-7-15)25-14(3)23-17-12-22-11-10-18(17)25/h6-13,19H,5H2,1-4H3,(H,27,28)/t13-,19-/m0/s1. The molecule has 0 aliphatic rings. The highest BCUT2D eigenvalue weighted by Gasteiger charge is 2.31. The maximum atomic E-state index is 12.8. The predicted molar refractivity (Wildman–Crippen MR) is 107 cm³/mol. The monoisotopic (exact) mass is 380 g/mol.